The largest absolute Gasteiger partial charge is 0.460 e. The highest BCUT2D eigenvalue weighted by Gasteiger charge is 2.69. The second-order valence-corrected chi connectivity index (χ2v) is 14.0. The second-order valence-electron chi connectivity index (χ2n) is 14.0. The highest BCUT2D eigenvalue weighted by Crippen LogP contribution is 2.70. The van der Waals surface area contributed by atoms with Crippen molar-refractivity contribution in [3.8, 4) is 0 Å². The highest BCUT2D eigenvalue weighted by molar-refractivity contribution is 5.67. The van der Waals surface area contributed by atoms with E-state index in [9.17, 15) is 14.7 Å². The van der Waals surface area contributed by atoms with Crippen LogP contribution in [0.15, 0.2) is 0 Å². The molecule has 10 atom stereocenters. The van der Waals surface area contributed by atoms with E-state index < -0.39 is 17.8 Å². The zero-order valence-electron chi connectivity index (χ0n) is 24.0. The summed E-state index contributed by atoms with van der Waals surface area (Å²) in [6, 6.07) is 0. The molecular formula is C31H52O5. The van der Waals surface area contributed by atoms with Crippen molar-refractivity contribution >= 4 is 11.9 Å². The Morgan fingerprint density at radius 1 is 0.889 bits per heavy atom. The molecule has 0 bridgehead atoms. The monoisotopic (exact) mass is 504 g/mol. The molecule has 206 valence electrons. The zero-order valence-corrected chi connectivity index (χ0v) is 24.0. The summed E-state index contributed by atoms with van der Waals surface area (Å²) in [5.41, 5.74) is -0.891. The van der Waals surface area contributed by atoms with Crippen molar-refractivity contribution < 1.29 is 24.2 Å². The molecule has 0 radical (unpaired) electrons. The lowest BCUT2D eigenvalue weighted by Crippen LogP contribution is -2.70. The van der Waals surface area contributed by atoms with Crippen LogP contribution in [-0.4, -0.2) is 34.9 Å². The number of aliphatic hydroxyl groups excluding tert-OH is 1. The van der Waals surface area contributed by atoms with Gasteiger partial charge in [0.15, 0.2) is 0 Å². The molecule has 4 aliphatic carbocycles. The molecule has 0 aromatic carbocycles. The number of fused-ring (bicyclic) bond motifs is 5. The smallest absolute Gasteiger partial charge is 0.303 e. The van der Waals surface area contributed by atoms with E-state index in [0.717, 1.165) is 37.0 Å². The van der Waals surface area contributed by atoms with Gasteiger partial charge in [-0.3, -0.25) is 9.59 Å². The molecule has 0 saturated heterocycles. The Hall–Kier alpha value is -1.10. The molecular weight excluding hydrogens is 452 g/mol. The van der Waals surface area contributed by atoms with Gasteiger partial charge in [-0.2, -0.15) is 0 Å². The van der Waals surface area contributed by atoms with E-state index in [1.807, 2.05) is 0 Å². The number of rotatable bonds is 7. The van der Waals surface area contributed by atoms with E-state index in [2.05, 4.69) is 34.6 Å². The Morgan fingerprint density at radius 3 is 2.25 bits per heavy atom. The molecule has 0 amide bonds. The summed E-state index contributed by atoms with van der Waals surface area (Å²) in [7, 11) is 0. The minimum Gasteiger partial charge on any atom is -0.460 e. The molecule has 0 aliphatic heterocycles. The van der Waals surface area contributed by atoms with Gasteiger partial charge in [-0.25, -0.2) is 0 Å². The van der Waals surface area contributed by atoms with Crippen molar-refractivity contribution in [3.63, 3.8) is 0 Å². The molecule has 5 nitrogen and oxygen atoms in total. The Bertz CT molecular complexity index is 824. The fourth-order valence-electron chi connectivity index (χ4n) is 10.1. The normalized spacial score (nSPS) is 44.8. The van der Waals surface area contributed by atoms with Crippen molar-refractivity contribution in [2.24, 2.45) is 46.3 Å². The van der Waals surface area contributed by atoms with E-state index >= 15 is 0 Å². The van der Waals surface area contributed by atoms with Crippen molar-refractivity contribution in [1.82, 2.24) is 0 Å². The van der Waals surface area contributed by atoms with E-state index in [0.29, 0.717) is 36.0 Å². The minimum absolute atomic E-state index is 0.306. The average molecular weight is 505 g/mol. The molecule has 4 aliphatic rings. The van der Waals surface area contributed by atoms with Crippen molar-refractivity contribution in [2.75, 3.05) is 0 Å². The molecule has 0 aromatic rings. The molecule has 4 rings (SSSR count). The van der Waals surface area contributed by atoms with Gasteiger partial charge in [0.25, 0.3) is 0 Å². The van der Waals surface area contributed by atoms with Gasteiger partial charge < -0.3 is 14.6 Å². The lowest BCUT2D eigenvalue weighted by atomic mass is 9.42. The van der Waals surface area contributed by atoms with Gasteiger partial charge in [0.2, 0.25) is 0 Å². The van der Waals surface area contributed by atoms with Gasteiger partial charge in [-0.05, 0) is 92.3 Å². The van der Waals surface area contributed by atoms with Gasteiger partial charge in [0.1, 0.15) is 17.8 Å². The van der Waals surface area contributed by atoms with Crippen LogP contribution >= 0.6 is 0 Å². The number of carbonyl (C=O) groups excluding carboxylic acids is 2. The second kappa shape index (κ2) is 10.2. The number of hydrogen-bond donors (Lipinski definition) is 1. The van der Waals surface area contributed by atoms with Crippen molar-refractivity contribution in [3.05, 3.63) is 0 Å². The Labute approximate surface area is 219 Å². The summed E-state index contributed by atoms with van der Waals surface area (Å²) in [5, 5.41) is 11.6. The standard InChI is InChI=1S/C31H52O5/c1-19(2)9-8-10-20(3)24-11-12-25-23-13-18-31(36-22(5)33)28(34)27(35-21(4)32)15-17-30(31,7)26(23)14-16-29(24,25)6/h19-20,23-28,34H,8-18H2,1-7H3/t20-,23+,24-,25+,26+,27+,28+,29-,30-,31-/m1/s1. The lowest BCUT2D eigenvalue weighted by Gasteiger charge is -2.66. The van der Waals surface area contributed by atoms with Crippen LogP contribution in [0.25, 0.3) is 0 Å². The Kier molecular flexibility index (Phi) is 7.93. The number of ether oxygens (including phenoxy) is 2. The maximum absolute atomic E-state index is 12.4. The van der Waals surface area contributed by atoms with E-state index in [-0.39, 0.29) is 17.4 Å². The molecule has 0 spiro atoms. The average Bonchev–Trinajstić information content (AvgIpc) is 3.14. The number of esters is 2. The number of hydrogen-bond acceptors (Lipinski definition) is 5. The van der Waals surface area contributed by atoms with E-state index in [1.165, 1.54) is 52.4 Å². The molecule has 0 unspecified atom stereocenters. The minimum atomic E-state index is -0.978. The van der Waals surface area contributed by atoms with Crippen LogP contribution in [0.4, 0.5) is 0 Å². The maximum Gasteiger partial charge on any atom is 0.303 e. The van der Waals surface area contributed by atoms with E-state index in [1.54, 1.807) is 0 Å². The quantitative estimate of drug-likeness (QED) is 0.391. The van der Waals surface area contributed by atoms with Crippen LogP contribution in [0.2, 0.25) is 0 Å². The van der Waals surface area contributed by atoms with Crippen LogP contribution in [0.1, 0.15) is 119 Å². The third kappa shape index (κ3) is 4.54. The molecule has 5 heteroatoms. The summed E-state index contributed by atoms with van der Waals surface area (Å²) in [6.45, 7) is 14.9. The maximum atomic E-state index is 12.4. The summed E-state index contributed by atoms with van der Waals surface area (Å²) in [4.78, 5) is 24.1. The summed E-state index contributed by atoms with van der Waals surface area (Å²) < 4.78 is 11.7. The van der Waals surface area contributed by atoms with Crippen LogP contribution in [0, 0.1) is 46.3 Å². The van der Waals surface area contributed by atoms with E-state index in [4.69, 9.17) is 9.47 Å². The molecule has 4 saturated carbocycles. The SMILES string of the molecule is CC(=O)O[C@H]1CC[C@]2(C)[C@H]3CC[C@]4(C)[C@@H]([C@H](C)CCCC(C)C)CC[C@H]4[C@@H]3CC[C@@]2(OC(C)=O)[C@H]1O. The topological polar surface area (TPSA) is 72.8 Å². The van der Waals surface area contributed by atoms with Crippen LogP contribution in [0.5, 0.6) is 0 Å². The molecule has 1 N–H and O–H groups in total. The summed E-state index contributed by atoms with van der Waals surface area (Å²) >= 11 is 0. The lowest BCUT2D eigenvalue weighted by molar-refractivity contribution is -0.278. The van der Waals surface area contributed by atoms with Gasteiger partial charge in [-0.15, -0.1) is 0 Å². The summed E-state index contributed by atoms with van der Waals surface area (Å²) in [6.07, 6.45) is 10.5. The van der Waals surface area contributed by atoms with Crippen LogP contribution in [-0.2, 0) is 19.1 Å². The first-order chi connectivity index (χ1) is 16.9. The van der Waals surface area contributed by atoms with Gasteiger partial charge in [-0.1, -0.05) is 53.9 Å². The first-order valence-electron chi connectivity index (χ1n) is 14.9. The third-order valence-electron chi connectivity index (χ3n) is 11.7. The number of aliphatic hydroxyl groups is 1. The molecule has 4 fully saturated rings. The van der Waals surface area contributed by atoms with Gasteiger partial charge >= 0.3 is 11.9 Å². The highest BCUT2D eigenvalue weighted by atomic mass is 16.6. The van der Waals surface area contributed by atoms with Gasteiger partial charge in [0.05, 0.1) is 0 Å². The zero-order chi connectivity index (χ0) is 26.5. The fraction of sp³-hybridized carbons (Fsp3) is 0.935. The van der Waals surface area contributed by atoms with Crippen LogP contribution < -0.4 is 0 Å². The van der Waals surface area contributed by atoms with Gasteiger partial charge in [0, 0.05) is 19.3 Å². The van der Waals surface area contributed by atoms with Crippen LogP contribution in [0.3, 0.4) is 0 Å². The Morgan fingerprint density at radius 2 is 1.61 bits per heavy atom. The molecule has 0 aromatic heterocycles. The molecule has 0 heterocycles. The fourth-order valence-corrected chi connectivity index (χ4v) is 10.1. The molecule has 36 heavy (non-hydrogen) atoms. The first kappa shape index (κ1) is 27.9. The number of carbonyl (C=O) groups is 2. The summed E-state index contributed by atoms with van der Waals surface area (Å²) in [5.74, 6) is 3.37. The predicted octanol–water partition coefficient (Wildman–Crippen LogP) is 6.70. The van der Waals surface area contributed by atoms with Crippen molar-refractivity contribution in [1.29, 1.82) is 0 Å². The predicted molar refractivity (Wildman–Crippen MR) is 141 cm³/mol. The Balaban J connectivity index is 1.57. The first-order valence-corrected chi connectivity index (χ1v) is 14.9. The van der Waals surface area contributed by atoms with Crippen molar-refractivity contribution in [2.45, 2.75) is 137 Å². The third-order valence-corrected chi connectivity index (χ3v) is 11.7.